The summed E-state index contributed by atoms with van der Waals surface area (Å²) in [5, 5.41) is 2.81. The molecule has 4 rings (SSSR count). The molecule has 0 radical (unpaired) electrons. The molecule has 1 N–H and O–H groups in total. The van der Waals surface area contributed by atoms with Crippen LogP contribution in [-0.4, -0.2) is 31.9 Å². The number of ether oxygens (including phenoxy) is 2. The summed E-state index contributed by atoms with van der Waals surface area (Å²) in [5.41, 5.74) is 1.39. The van der Waals surface area contributed by atoms with Gasteiger partial charge in [-0.2, -0.15) is 0 Å². The first-order chi connectivity index (χ1) is 14.9. The van der Waals surface area contributed by atoms with Gasteiger partial charge in [0.1, 0.15) is 11.5 Å². The van der Waals surface area contributed by atoms with Gasteiger partial charge in [0.25, 0.3) is 5.91 Å². The average molecular weight is 422 g/mol. The topological polar surface area (TPSA) is 84.9 Å². The highest BCUT2D eigenvalue weighted by molar-refractivity contribution is 6.22. The van der Waals surface area contributed by atoms with E-state index in [4.69, 9.17) is 9.47 Å². The number of carbonyl (C=O) groups excluding carboxylic acids is 3. The molecule has 1 aliphatic carbocycles. The highest BCUT2D eigenvalue weighted by Gasteiger charge is 2.49. The Morgan fingerprint density at radius 3 is 2.35 bits per heavy atom. The van der Waals surface area contributed by atoms with Crippen LogP contribution in [0.3, 0.4) is 0 Å². The number of nitrogens with zero attached hydrogens (tertiary/aromatic N) is 1. The molecule has 1 saturated heterocycles. The van der Waals surface area contributed by atoms with Gasteiger partial charge in [-0.1, -0.05) is 6.92 Å². The minimum atomic E-state index is -0.334. The molecule has 3 atom stereocenters. The molecule has 2 fully saturated rings. The van der Waals surface area contributed by atoms with Crippen LogP contribution in [0.15, 0.2) is 42.5 Å². The molecule has 2 aromatic rings. The number of hydrogen-bond donors (Lipinski definition) is 1. The van der Waals surface area contributed by atoms with Crippen LogP contribution in [-0.2, 0) is 9.59 Å². The van der Waals surface area contributed by atoms with Crippen molar-refractivity contribution in [1.29, 1.82) is 0 Å². The Morgan fingerprint density at radius 1 is 0.968 bits per heavy atom. The van der Waals surface area contributed by atoms with Gasteiger partial charge in [0.05, 0.1) is 37.4 Å². The zero-order valence-electron chi connectivity index (χ0n) is 17.9. The van der Waals surface area contributed by atoms with Crippen LogP contribution in [0.2, 0.25) is 0 Å². The normalized spacial score (nSPS) is 22.8. The molecule has 162 valence electrons. The third-order valence-corrected chi connectivity index (χ3v) is 6.23. The van der Waals surface area contributed by atoms with E-state index in [2.05, 4.69) is 12.2 Å². The summed E-state index contributed by atoms with van der Waals surface area (Å²) in [6.45, 7) is 2.13. The lowest BCUT2D eigenvalue weighted by molar-refractivity contribution is -0.122. The van der Waals surface area contributed by atoms with Crippen molar-refractivity contribution in [3.05, 3.63) is 48.0 Å². The second-order valence-corrected chi connectivity index (χ2v) is 8.21. The minimum absolute atomic E-state index is 0.125. The fraction of sp³-hybridized carbons (Fsp3) is 0.375. The SMILES string of the molecule is COc1ccc(OC)c(NC(=O)c2ccc(N3C(=O)[C@H]4C[C@@H](C)CC[C@H]4C3=O)cc2)c1. The largest absolute Gasteiger partial charge is 0.497 e. The Hall–Kier alpha value is -3.35. The van der Waals surface area contributed by atoms with Gasteiger partial charge in [0.2, 0.25) is 11.8 Å². The number of carbonyl (C=O) groups is 3. The van der Waals surface area contributed by atoms with E-state index in [1.54, 1.807) is 49.6 Å². The zero-order valence-corrected chi connectivity index (χ0v) is 17.9. The number of fused-ring (bicyclic) bond motifs is 1. The first kappa shape index (κ1) is 20.9. The Labute approximate surface area is 181 Å². The van der Waals surface area contributed by atoms with Crippen molar-refractivity contribution in [2.45, 2.75) is 26.2 Å². The number of hydrogen-bond acceptors (Lipinski definition) is 5. The summed E-state index contributed by atoms with van der Waals surface area (Å²) < 4.78 is 10.5. The summed E-state index contributed by atoms with van der Waals surface area (Å²) in [6.07, 6.45) is 2.49. The molecule has 0 unspecified atom stereocenters. The lowest BCUT2D eigenvalue weighted by atomic mass is 9.76. The fourth-order valence-corrected chi connectivity index (χ4v) is 4.51. The van der Waals surface area contributed by atoms with Gasteiger partial charge in [-0.3, -0.25) is 19.3 Å². The summed E-state index contributed by atoms with van der Waals surface area (Å²) in [4.78, 5) is 39.8. The summed E-state index contributed by atoms with van der Waals surface area (Å²) in [6, 6.07) is 11.6. The van der Waals surface area contributed by atoms with E-state index in [1.807, 2.05) is 0 Å². The third kappa shape index (κ3) is 3.87. The second kappa shape index (κ2) is 8.41. The molecular weight excluding hydrogens is 396 g/mol. The number of amides is 3. The van der Waals surface area contributed by atoms with Crippen LogP contribution in [0.1, 0.15) is 36.5 Å². The Balaban J connectivity index is 1.52. The Kier molecular flexibility index (Phi) is 5.67. The molecule has 1 saturated carbocycles. The highest BCUT2D eigenvalue weighted by atomic mass is 16.5. The number of benzene rings is 2. The maximum atomic E-state index is 12.9. The number of anilines is 2. The van der Waals surface area contributed by atoms with Crippen molar-refractivity contribution in [3.63, 3.8) is 0 Å². The molecule has 7 heteroatoms. The number of rotatable bonds is 5. The minimum Gasteiger partial charge on any atom is -0.497 e. The van der Waals surface area contributed by atoms with Crippen LogP contribution in [0.4, 0.5) is 11.4 Å². The number of methoxy groups -OCH3 is 2. The van der Waals surface area contributed by atoms with Gasteiger partial charge in [0, 0.05) is 11.6 Å². The molecule has 0 spiro atoms. The van der Waals surface area contributed by atoms with Gasteiger partial charge >= 0.3 is 0 Å². The van der Waals surface area contributed by atoms with E-state index in [-0.39, 0.29) is 29.6 Å². The van der Waals surface area contributed by atoms with E-state index in [0.29, 0.717) is 34.4 Å². The van der Waals surface area contributed by atoms with Gasteiger partial charge in [-0.05, 0) is 61.6 Å². The molecular formula is C24H26N2O5. The van der Waals surface area contributed by atoms with Crippen molar-refractivity contribution >= 4 is 29.1 Å². The van der Waals surface area contributed by atoms with E-state index in [9.17, 15) is 14.4 Å². The van der Waals surface area contributed by atoms with Crippen molar-refractivity contribution in [3.8, 4) is 11.5 Å². The average Bonchev–Trinajstić information content (AvgIpc) is 3.03. The van der Waals surface area contributed by atoms with Crippen molar-refractivity contribution < 1.29 is 23.9 Å². The summed E-state index contributed by atoms with van der Waals surface area (Å²) in [5.74, 6) is 0.536. The molecule has 1 heterocycles. The van der Waals surface area contributed by atoms with Crippen molar-refractivity contribution in [2.75, 3.05) is 24.4 Å². The van der Waals surface area contributed by atoms with Gasteiger partial charge < -0.3 is 14.8 Å². The van der Waals surface area contributed by atoms with E-state index in [1.165, 1.54) is 12.0 Å². The first-order valence-corrected chi connectivity index (χ1v) is 10.4. The molecule has 2 aromatic carbocycles. The zero-order chi connectivity index (χ0) is 22.1. The lowest BCUT2D eigenvalue weighted by Crippen LogP contribution is -2.30. The second-order valence-electron chi connectivity index (χ2n) is 8.21. The predicted molar refractivity (Wildman–Crippen MR) is 116 cm³/mol. The quantitative estimate of drug-likeness (QED) is 0.739. The summed E-state index contributed by atoms with van der Waals surface area (Å²) >= 11 is 0. The van der Waals surface area contributed by atoms with Crippen molar-refractivity contribution in [2.24, 2.45) is 17.8 Å². The van der Waals surface area contributed by atoms with Crippen LogP contribution in [0.5, 0.6) is 11.5 Å². The monoisotopic (exact) mass is 422 g/mol. The fourth-order valence-electron chi connectivity index (χ4n) is 4.51. The molecule has 31 heavy (non-hydrogen) atoms. The Bertz CT molecular complexity index is 1020. The van der Waals surface area contributed by atoms with Crippen molar-refractivity contribution in [1.82, 2.24) is 0 Å². The van der Waals surface area contributed by atoms with Crippen LogP contribution in [0.25, 0.3) is 0 Å². The predicted octanol–water partition coefficient (Wildman–Crippen LogP) is 3.88. The number of nitrogens with one attached hydrogen (secondary N) is 1. The molecule has 0 aromatic heterocycles. The first-order valence-electron chi connectivity index (χ1n) is 10.4. The molecule has 7 nitrogen and oxygen atoms in total. The third-order valence-electron chi connectivity index (χ3n) is 6.23. The van der Waals surface area contributed by atoms with Crippen LogP contribution < -0.4 is 19.7 Å². The number of imide groups is 1. The van der Waals surface area contributed by atoms with Crippen LogP contribution in [0, 0.1) is 17.8 Å². The van der Waals surface area contributed by atoms with E-state index >= 15 is 0 Å². The Morgan fingerprint density at radius 2 is 1.68 bits per heavy atom. The highest BCUT2D eigenvalue weighted by Crippen LogP contribution is 2.42. The van der Waals surface area contributed by atoms with Gasteiger partial charge in [0.15, 0.2) is 0 Å². The lowest BCUT2D eigenvalue weighted by Gasteiger charge is -2.25. The van der Waals surface area contributed by atoms with E-state index in [0.717, 1.165) is 19.3 Å². The smallest absolute Gasteiger partial charge is 0.255 e. The molecule has 0 bridgehead atoms. The maximum absolute atomic E-state index is 12.9. The van der Waals surface area contributed by atoms with E-state index < -0.39 is 0 Å². The van der Waals surface area contributed by atoms with Gasteiger partial charge in [-0.15, -0.1) is 0 Å². The molecule has 1 aliphatic heterocycles. The maximum Gasteiger partial charge on any atom is 0.255 e. The molecule has 2 aliphatic rings. The van der Waals surface area contributed by atoms with Gasteiger partial charge in [-0.25, -0.2) is 0 Å². The summed E-state index contributed by atoms with van der Waals surface area (Å²) in [7, 11) is 3.07. The molecule has 3 amide bonds. The standard InChI is InChI=1S/C24H26N2O5/c1-14-4-10-18-19(12-14)24(29)26(23(18)28)16-7-5-15(6-8-16)22(27)25-20-13-17(30-2)9-11-21(20)31-3/h5-9,11,13-14,18-19H,4,10,12H2,1-3H3,(H,25,27)/t14-,18+,19-/m0/s1. The van der Waals surface area contributed by atoms with Crippen LogP contribution >= 0.6 is 0 Å².